The second-order valence-corrected chi connectivity index (χ2v) is 9.22. The van der Waals surface area contributed by atoms with Crippen molar-refractivity contribution in [2.45, 2.75) is 65.7 Å². The highest BCUT2D eigenvalue weighted by Gasteiger charge is 2.15. The quantitative estimate of drug-likeness (QED) is 0.234. The Labute approximate surface area is 218 Å². The first-order chi connectivity index (χ1) is 18.0. The van der Waals surface area contributed by atoms with Gasteiger partial charge in [0.15, 0.2) is 0 Å². The van der Waals surface area contributed by atoms with Gasteiger partial charge in [0.1, 0.15) is 19.0 Å². The standard InChI is InChI=1S/C30H34N4O3/c1-4-5-7-12-21(2)33-29(35)24-17-31-30(32-18-24)37-20-27-22(3)28(25-15-10-11-16-26(25)34-27)36-19-23-13-8-6-9-14-23/h6,8-11,13-18,21H,4-5,7,12,19-20H2,1-3H3,(H,33,35). The molecule has 0 fully saturated rings. The van der Waals surface area contributed by atoms with E-state index in [-0.39, 0.29) is 24.6 Å². The normalized spacial score (nSPS) is 11.8. The first-order valence-electron chi connectivity index (χ1n) is 12.9. The van der Waals surface area contributed by atoms with Crippen LogP contribution in [-0.4, -0.2) is 26.9 Å². The molecule has 0 spiro atoms. The van der Waals surface area contributed by atoms with Gasteiger partial charge in [-0.3, -0.25) is 4.79 Å². The molecule has 4 rings (SSSR count). The number of ether oxygens (including phenoxy) is 2. The number of nitrogens with zero attached hydrogens (tertiary/aromatic N) is 3. The molecule has 192 valence electrons. The third kappa shape index (κ3) is 7.03. The van der Waals surface area contributed by atoms with E-state index in [0.717, 1.165) is 52.7 Å². The minimum Gasteiger partial charge on any atom is -0.488 e. The smallest absolute Gasteiger partial charge is 0.316 e. The maximum absolute atomic E-state index is 12.5. The van der Waals surface area contributed by atoms with Gasteiger partial charge in [-0.15, -0.1) is 0 Å². The number of carbonyl (C=O) groups is 1. The third-order valence-corrected chi connectivity index (χ3v) is 6.25. The minimum absolute atomic E-state index is 0.107. The molecule has 0 radical (unpaired) electrons. The fourth-order valence-corrected chi connectivity index (χ4v) is 4.10. The molecule has 37 heavy (non-hydrogen) atoms. The highest BCUT2D eigenvalue weighted by Crippen LogP contribution is 2.31. The molecule has 0 saturated carbocycles. The fraction of sp³-hybridized carbons (Fsp3) is 0.333. The molecule has 1 unspecified atom stereocenters. The number of para-hydroxylation sites is 1. The van der Waals surface area contributed by atoms with Gasteiger partial charge in [-0.25, -0.2) is 15.0 Å². The predicted molar refractivity (Wildman–Crippen MR) is 145 cm³/mol. The van der Waals surface area contributed by atoms with Crippen LogP contribution in [0.4, 0.5) is 0 Å². The Hall–Kier alpha value is -4.00. The van der Waals surface area contributed by atoms with Gasteiger partial charge in [0.2, 0.25) is 0 Å². The van der Waals surface area contributed by atoms with Crippen molar-refractivity contribution in [3.8, 4) is 11.8 Å². The van der Waals surface area contributed by atoms with E-state index >= 15 is 0 Å². The number of benzene rings is 2. The highest BCUT2D eigenvalue weighted by molar-refractivity contribution is 5.93. The number of rotatable bonds is 12. The number of fused-ring (bicyclic) bond motifs is 1. The molecule has 7 nitrogen and oxygen atoms in total. The van der Waals surface area contributed by atoms with Crippen molar-refractivity contribution < 1.29 is 14.3 Å². The Bertz CT molecular complexity index is 1310. The number of hydrogen-bond donors (Lipinski definition) is 1. The average Bonchev–Trinajstić information content (AvgIpc) is 2.92. The molecular formula is C30H34N4O3. The van der Waals surface area contributed by atoms with Crippen molar-refractivity contribution >= 4 is 16.8 Å². The van der Waals surface area contributed by atoms with E-state index in [2.05, 4.69) is 22.2 Å². The van der Waals surface area contributed by atoms with Crippen molar-refractivity contribution in [1.82, 2.24) is 20.3 Å². The van der Waals surface area contributed by atoms with Crippen LogP contribution in [0.3, 0.4) is 0 Å². The fourth-order valence-electron chi connectivity index (χ4n) is 4.10. The van der Waals surface area contributed by atoms with Gasteiger partial charge in [-0.2, -0.15) is 0 Å². The van der Waals surface area contributed by atoms with Crippen LogP contribution in [0.1, 0.15) is 66.7 Å². The van der Waals surface area contributed by atoms with Crippen LogP contribution in [0.25, 0.3) is 10.9 Å². The number of carbonyl (C=O) groups excluding carboxylic acids is 1. The Morgan fingerprint density at radius 2 is 1.68 bits per heavy atom. The second kappa shape index (κ2) is 12.8. The van der Waals surface area contributed by atoms with E-state index in [1.165, 1.54) is 18.8 Å². The molecule has 2 aromatic heterocycles. The van der Waals surface area contributed by atoms with E-state index in [1.54, 1.807) is 0 Å². The van der Waals surface area contributed by atoms with Crippen LogP contribution in [-0.2, 0) is 13.2 Å². The molecule has 4 aromatic rings. The first kappa shape index (κ1) is 26.1. The number of aromatic nitrogens is 3. The summed E-state index contributed by atoms with van der Waals surface area (Å²) < 4.78 is 12.1. The summed E-state index contributed by atoms with van der Waals surface area (Å²) in [7, 11) is 0. The third-order valence-electron chi connectivity index (χ3n) is 6.25. The summed E-state index contributed by atoms with van der Waals surface area (Å²) in [4.78, 5) is 25.8. The molecule has 1 atom stereocenters. The Balaban J connectivity index is 1.43. The van der Waals surface area contributed by atoms with Crippen molar-refractivity contribution in [2.24, 2.45) is 0 Å². The SMILES string of the molecule is CCCCCC(C)NC(=O)c1cnc(OCc2nc3ccccc3c(OCc3ccccc3)c2C)nc1. The molecule has 0 aliphatic heterocycles. The molecule has 2 heterocycles. The zero-order chi connectivity index (χ0) is 26.0. The molecule has 0 aliphatic rings. The van der Waals surface area contributed by atoms with Gasteiger partial charge in [0.25, 0.3) is 5.91 Å². The molecule has 0 aliphatic carbocycles. The summed E-state index contributed by atoms with van der Waals surface area (Å²) in [6.45, 7) is 6.80. The topological polar surface area (TPSA) is 86.2 Å². The van der Waals surface area contributed by atoms with Gasteiger partial charge >= 0.3 is 6.01 Å². The maximum Gasteiger partial charge on any atom is 0.316 e. The van der Waals surface area contributed by atoms with Crippen LogP contribution in [0, 0.1) is 6.92 Å². The molecule has 7 heteroatoms. The number of unbranched alkanes of at least 4 members (excludes halogenated alkanes) is 2. The average molecular weight is 499 g/mol. The summed E-state index contributed by atoms with van der Waals surface area (Å²) in [6.07, 6.45) is 7.37. The second-order valence-electron chi connectivity index (χ2n) is 9.22. The van der Waals surface area contributed by atoms with Crippen molar-refractivity contribution in [1.29, 1.82) is 0 Å². The Morgan fingerprint density at radius 1 is 0.946 bits per heavy atom. The van der Waals surface area contributed by atoms with E-state index < -0.39 is 0 Å². The van der Waals surface area contributed by atoms with Crippen molar-refractivity contribution in [3.63, 3.8) is 0 Å². The number of amides is 1. The van der Waals surface area contributed by atoms with E-state index in [0.29, 0.717) is 12.2 Å². The lowest BCUT2D eigenvalue weighted by Crippen LogP contribution is -2.32. The minimum atomic E-state index is -0.178. The largest absolute Gasteiger partial charge is 0.488 e. The number of hydrogen-bond acceptors (Lipinski definition) is 6. The van der Waals surface area contributed by atoms with Crippen LogP contribution >= 0.6 is 0 Å². The van der Waals surface area contributed by atoms with E-state index in [4.69, 9.17) is 14.5 Å². The van der Waals surface area contributed by atoms with Gasteiger partial charge < -0.3 is 14.8 Å². The van der Waals surface area contributed by atoms with Gasteiger partial charge in [-0.1, -0.05) is 68.7 Å². The van der Waals surface area contributed by atoms with Crippen LogP contribution in [0.2, 0.25) is 0 Å². The van der Waals surface area contributed by atoms with Crippen LogP contribution in [0.5, 0.6) is 11.8 Å². The zero-order valence-corrected chi connectivity index (χ0v) is 21.7. The lowest BCUT2D eigenvalue weighted by molar-refractivity contribution is 0.0937. The number of nitrogens with one attached hydrogen (secondary N) is 1. The van der Waals surface area contributed by atoms with Crippen molar-refractivity contribution in [2.75, 3.05) is 0 Å². The van der Waals surface area contributed by atoms with Gasteiger partial charge in [-0.05, 0) is 38.0 Å². The summed E-state index contributed by atoms with van der Waals surface area (Å²) in [5.41, 5.74) is 3.98. The molecular weight excluding hydrogens is 464 g/mol. The van der Waals surface area contributed by atoms with E-state index in [9.17, 15) is 4.79 Å². The van der Waals surface area contributed by atoms with Gasteiger partial charge in [0, 0.05) is 29.4 Å². The Morgan fingerprint density at radius 3 is 2.43 bits per heavy atom. The summed E-state index contributed by atoms with van der Waals surface area (Å²) >= 11 is 0. The molecule has 0 bridgehead atoms. The summed E-state index contributed by atoms with van der Waals surface area (Å²) in [5.74, 6) is 0.608. The first-order valence-corrected chi connectivity index (χ1v) is 12.9. The van der Waals surface area contributed by atoms with Crippen LogP contribution < -0.4 is 14.8 Å². The monoisotopic (exact) mass is 498 g/mol. The lowest BCUT2D eigenvalue weighted by Gasteiger charge is -2.16. The molecule has 1 amide bonds. The predicted octanol–water partition coefficient (Wildman–Crippen LogP) is 6.19. The van der Waals surface area contributed by atoms with Gasteiger partial charge in [0.05, 0.1) is 16.8 Å². The maximum atomic E-state index is 12.5. The highest BCUT2D eigenvalue weighted by atomic mass is 16.5. The lowest BCUT2D eigenvalue weighted by atomic mass is 10.1. The van der Waals surface area contributed by atoms with Crippen molar-refractivity contribution in [3.05, 3.63) is 89.4 Å². The van der Waals surface area contributed by atoms with E-state index in [1.807, 2.05) is 68.4 Å². The summed E-state index contributed by atoms with van der Waals surface area (Å²) in [5, 5.41) is 3.96. The zero-order valence-electron chi connectivity index (χ0n) is 21.7. The molecule has 0 saturated heterocycles. The molecule has 2 aromatic carbocycles. The summed E-state index contributed by atoms with van der Waals surface area (Å²) in [6, 6.07) is 18.3. The Kier molecular flexibility index (Phi) is 9.03. The number of pyridine rings is 1. The molecule has 1 N–H and O–H groups in total. The van der Waals surface area contributed by atoms with Crippen LogP contribution in [0.15, 0.2) is 67.0 Å².